The van der Waals surface area contributed by atoms with Crippen molar-refractivity contribution >= 4 is 0 Å². The molecule has 0 aromatic heterocycles. The van der Waals surface area contributed by atoms with Gasteiger partial charge in [0.2, 0.25) is 0 Å². The number of hydrogen-bond acceptors (Lipinski definition) is 4. The van der Waals surface area contributed by atoms with Gasteiger partial charge in [0.15, 0.2) is 0 Å². The number of aromatic hydroxyl groups is 1. The van der Waals surface area contributed by atoms with Gasteiger partial charge in [0.1, 0.15) is 17.2 Å². The minimum atomic E-state index is -0.318. The molecule has 1 atom stereocenters. The Bertz CT molecular complexity index is 591. The summed E-state index contributed by atoms with van der Waals surface area (Å²) in [5.74, 6) is 2.45. The van der Waals surface area contributed by atoms with Gasteiger partial charge in [-0.25, -0.2) is 0 Å². The molecule has 0 fully saturated rings. The number of hydrogen-bond donors (Lipinski definition) is 2. The maximum Gasteiger partial charge on any atom is 0.127 e. The number of benzene rings is 2. The highest BCUT2D eigenvalue weighted by Crippen LogP contribution is 2.32. The third-order valence-corrected chi connectivity index (χ3v) is 3.03. The number of methoxy groups -OCH3 is 2. The molecule has 0 amide bonds. The average molecular weight is 317 g/mol. The summed E-state index contributed by atoms with van der Waals surface area (Å²) in [6.45, 7) is 6.50. The molecule has 0 aliphatic carbocycles. The van der Waals surface area contributed by atoms with Gasteiger partial charge >= 0.3 is 0 Å². The van der Waals surface area contributed by atoms with Gasteiger partial charge < -0.3 is 20.3 Å². The van der Waals surface area contributed by atoms with Crippen molar-refractivity contribution in [1.29, 1.82) is 0 Å². The van der Waals surface area contributed by atoms with Crippen LogP contribution in [0.4, 0.5) is 0 Å². The third-order valence-electron chi connectivity index (χ3n) is 3.03. The molecule has 23 heavy (non-hydrogen) atoms. The minimum absolute atomic E-state index is 0.220. The van der Waals surface area contributed by atoms with E-state index in [1.54, 1.807) is 44.6 Å². The fraction of sp³-hybridized carbons (Fsp3) is 0.368. The molecule has 4 nitrogen and oxygen atoms in total. The molecule has 2 aromatic rings. The lowest BCUT2D eigenvalue weighted by Gasteiger charge is -2.17. The Kier molecular flexibility index (Phi) is 7.42. The van der Waals surface area contributed by atoms with E-state index in [1.165, 1.54) is 0 Å². The zero-order valence-electron chi connectivity index (χ0n) is 14.5. The number of rotatable bonds is 4. The summed E-state index contributed by atoms with van der Waals surface area (Å²) in [7, 11) is 3.20. The first kappa shape index (κ1) is 18.8. The van der Waals surface area contributed by atoms with Crippen LogP contribution in [0.1, 0.15) is 37.9 Å². The Labute approximate surface area is 138 Å². The Hall–Kier alpha value is -2.20. The lowest BCUT2D eigenvalue weighted by atomic mass is 9.98. The summed E-state index contributed by atoms with van der Waals surface area (Å²) >= 11 is 0. The van der Waals surface area contributed by atoms with Crippen LogP contribution >= 0.6 is 0 Å². The summed E-state index contributed by atoms with van der Waals surface area (Å²) in [5, 5.41) is 9.30. The SMILES string of the molecule is CC(C)C.COc1ccc(C(N)c2ccc(O)cc2)c(OC)c1. The molecule has 0 aliphatic rings. The summed E-state index contributed by atoms with van der Waals surface area (Å²) in [6.07, 6.45) is 0. The van der Waals surface area contributed by atoms with Gasteiger partial charge in [0.05, 0.1) is 20.3 Å². The van der Waals surface area contributed by atoms with E-state index < -0.39 is 0 Å². The number of phenolic OH excluding ortho intramolecular Hbond substituents is 1. The van der Waals surface area contributed by atoms with Crippen LogP contribution in [0.15, 0.2) is 42.5 Å². The first-order valence-electron chi connectivity index (χ1n) is 7.65. The van der Waals surface area contributed by atoms with E-state index in [4.69, 9.17) is 15.2 Å². The zero-order chi connectivity index (χ0) is 17.4. The van der Waals surface area contributed by atoms with E-state index in [0.29, 0.717) is 5.75 Å². The quantitative estimate of drug-likeness (QED) is 0.890. The Morgan fingerprint density at radius 2 is 1.48 bits per heavy atom. The van der Waals surface area contributed by atoms with Crippen molar-refractivity contribution in [3.05, 3.63) is 53.6 Å². The van der Waals surface area contributed by atoms with Crippen molar-refractivity contribution in [3.63, 3.8) is 0 Å². The summed E-state index contributed by atoms with van der Waals surface area (Å²) < 4.78 is 10.5. The summed E-state index contributed by atoms with van der Waals surface area (Å²) in [5.41, 5.74) is 8.01. The molecular formula is C19H27NO3. The summed E-state index contributed by atoms with van der Waals surface area (Å²) in [4.78, 5) is 0. The molecule has 126 valence electrons. The van der Waals surface area contributed by atoms with E-state index >= 15 is 0 Å². The van der Waals surface area contributed by atoms with Gasteiger partial charge in [-0.15, -0.1) is 0 Å². The largest absolute Gasteiger partial charge is 0.508 e. The van der Waals surface area contributed by atoms with Crippen molar-refractivity contribution in [2.45, 2.75) is 26.8 Å². The number of ether oxygens (including phenoxy) is 2. The second kappa shape index (κ2) is 9.06. The van der Waals surface area contributed by atoms with Crippen LogP contribution in [0, 0.1) is 5.92 Å². The second-order valence-corrected chi connectivity index (χ2v) is 5.91. The predicted molar refractivity (Wildman–Crippen MR) is 94.2 cm³/mol. The van der Waals surface area contributed by atoms with E-state index in [-0.39, 0.29) is 11.8 Å². The molecule has 2 aromatic carbocycles. The Morgan fingerprint density at radius 3 is 1.96 bits per heavy atom. The van der Waals surface area contributed by atoms with Crippen LogP contribution in [-0.2, 0) is 0 Å². The lowest BCUT2D eigenvalue weighted by molar-refractivity contribution is 0.390. The molecule has 4 heteroatoms. The van der Waals surface area contributed by atoms with E-state index in [9.17, 15) is 5.11 Å². The van der Waals surface area contributed by atoms with E-state index in [1.807, 2.05) is 12.1 Å². The van der Waals surface area contributed by atoms with Crippen LogP contribution in [-0.4, -0.2) is 19.3 Å². The standard InChI is InChI=1S/C15H17NO3.C4H10/c1-18-12-7-8-13(14(9-12)19-2)15(16)10-3-5-11(17)6-4-10;1-4(2)3/h3-9,15,17H,16H2,1-2H3;4H,1-3H3. The monoisotopic (exact) mass is 317 g/mol. The fourth-order valence-electron chi connectivity index (χ4n) is 1.94. The highest BCUT2D eigenvalue weighted by molar-refractivity contribution is 5.46. The maximum atomic E-state index is 9.30. The maximum absolute atomic E-state index is 9.30. The van der Waals surface area contributed by atoms with Crippen LogP contribution in [0.2, 0.25) is 0 Å². The number of phenols is 1. The molecule has 0 radical (unpaired) electrons. The smallest absolute Gasteiger partial charge is 0.127 e. The molecule has 2 rings (SSSR count). The fourth-order valence-corrected chi connectivity index (χ4v) is 1.94. The van der Waals surface area contributed by atoms with Crippen LogP contribution in [0.3, 0.4) is 0 Å². The topological polar surface area (TPSA) is 64.7 Å². The average Bonchev–Trinajstić information content (AvgIpc) is 2.53. The molecule has 0 saturated heterocycles. The second-order valence-electron chi connectivity index (χ2n) is 5.91. The van der Waals surface area contributed by atoms with Crippen molar-refractivity contribution < 1.29 is 14.6 Å². The van der Waals surface area contributed by atoms with E-state index in [0.717, 1.165) is 22.8 Å². The zero-order valence-corrected chi connectivity index (χ0v) is 14.5. The molecule has 1 unspecified atom stereocenters. The molecule has 0 heterocycles. The van der Waals surface area contributed by atoms with Crippen LogP contribution in [0.5, 0.6) is 17.2 Å². The summed E-state index contributed by atoms with van der Waals surface area (Å²) in [6, 6.07) is 12.0. The van der Waals surface area contributed by atoms with Crippen molar-refractivity contribution in [1.82, 2.24) is 0 Å². The van der Waals surface area contributed by atoms with Gasteiger partial charge in [-0.3, -0.25) is 0 Å². The van der Waals surface area contributed by atoms with Gasteiger partial charge in [-0.2, -0.15) is 0 Å². The molecule has 0 aliphatic heterocycles. The minimum Gasteiger partial charge on any atom is -0.508 e. The van der Waals surface area contributed by atoms with Crippen LogP contribution < -0.4 is 15.2 Å². The highest BCUT2D eigenvalue weighted by Gasteiger charge is 2.14. The molecule has 0 bridgehead atoms. The van der Waals surface area contributed by atoms with Crippen molar-refractivity contribution in [2.75, 3.05) is 14.2 Å². The Balaban J connectivity index is 0.000000593. The first-order valence-corrected chi connectivity index (χ1v) is 7.65. The van der Waals surface area contributed by atoms with Crippen LogP contribution in [0.25, 0.3) is 0 Å². The Morgan fingerprint density at radius 1 is 0.913 bits per heavy atom. The van der Waals surface area contributed by atoms with Crippen molar-refractivity contribution in [3.8, 4) is 17.2 Å². The molecule has 3 N–H and O–H groups in total. The van der Waals surface area contributed by atoms with Gasteiger partial charge in [0.25, 0.3) is 0 Å². The molecular weight excluding hydrogens is 290 g/mol. The number of nitrogens with two attached hydrogens (primary N) is 1. The van der Waals surface area contributed by atoms with Gasteiger partial charge in [-0.1, -0.05) is 32.9 Å². The van der Waals surface area contributed by atoms with Gasteiger partial charge in [0, 0.05) is 11.6 Å². The predicted octanol–water partition coefficient (Wildman–Crippen LogP) is 4.12. The molecule has 0 saturated carbocycles. The lowest BCUT2D eigenvalue weighted by Crippen LogP contribution is -2.13. The first-order chi connectivity index (χ1) is 10.9. The van der Waals surface area contributed by atoms with Gasteiger partial charge in [-0.05, 0) is 35.7 Å². The third kappa shape index (κ3) is 5.83. The van der Waals surface area contributed by atoms with Crippen molar-refractivity contribution in [2.24, 2.45) is 11.7 Å². The molecule has 0 spiro atoms. The van der Waals surface area contributed by atoms with E-state index in [2.05, 4.69) is 20.8 Å². The highest BCUT2D eigenvalue weighted by atomic mass is 16.5. The normalized spacial score (nSPS) is 11.4.